The van der Waals surface area contributed by atoms with Crippen molar-refractivity contribution in [2.75, 3.05) is 13.2 Å². The molecular formula is C15H29KN2O4. The van der Waals surface area contributed by atoms with Crippen LogP contribution in [0.25, 0.3) is 0 Å². The van der Waals surface area contributed by atoms with Gasteiger partial charge >= 0.3 is 57.4 Å². The molecule has 0 aromatic heterocycles. The molecule has 0 saturated heterocycles. The minimum Gasteiger partial charge on any atom is -0.862 e. The van der Waals surface area contributed by atoms with Gasteiger partial charge in [-0.2, -0.15) is 0 Å². The summed E-state index contributed by atoms with van der Waals surface area (Å²) in [4.78, 5) is 16.4. The molecular weight excluding hydrogens is 311 g/mol. The van der Waals surface area contributed by atoms with Crippen LogP contribution in [0.5, 0.6) is 0 Å². The van der Waals surface area contributed by atoms with Crippen molar-refractivity contribution in [1.82, 2.24) is 4.90 Å². The van der Waals surface area contributed by atoms with Crippen LogP contribution in [-0.2, 0) is 4.79 Å². The molecule has 22 heavy (non-hydrogen) atoms. The maximum Gasteiger partial charge on any atom is 1.00 e. The Hall–Kier alpha value is 0.496. The average molecular weight is 341 g/mol. The van der Waals surface area contributed by atoms with Crippen LogP contribution < -0.4 is 56.5 Å². The number of hydrogen-bond donors (Lipinski definition) is 2. The number of unbranched alkanes of at least 4 members (excludes halogenated alkanes) is 4. The number of aliphatic hydroxyl groups excluding tert-OH is 1. The third-order valence-corrected chi connectivity index (χ3v) is 3.33. The van der Waals surface area contributed by atoms with Gasteiger partial charge in [0, 0.05) is 6.54 Å². The Bertz CT molecular complexity index is 325. The van der Waals surface area contributed by atoms with Crippen LogP contribution in [0, 0.1) is 0 Å². The maximum absolute atomic E-state index is 11.7. The van der Waals surface area contributed by atoms with E-state index in [0.29, 0.717) is 6.42 Å². The van der Waals surface area contributed by atoms with Gasteiger partial charge in [0.05, 0.1) is 12.8 Å². The van der Waals surface area contributed by atoms with E-state index in [1.165, 1.54) is 24.7 Å². The Kier molecular flexibility index (Phi) is 16.9. The minimum absolute atomic E-state index is 0. The fourth-order valence-corrected chi connectivity index (χ4v) is 1.96. The van der Waals surface area contributed by atoms with Gasteiger partial charge in [0.1, 0.15) is 6.04 Å². The summed E-state index contributed by atoms with van der Waals surface area (Å²) in [7, 11) is 0. The van der Waals surface area contributed by atoms with Crippen LogP contribution >= 0.6 is 0 Å². The van der Waals surface area contributed by atoms with Crippen LogP contribution in [0.15, 0.2) is 4.99 Å². The Labute approximate surface area is 176 Å². The van der Waals surface area contributed by atoms with E-state index in [0.717, 1.165) is 19.3 Å². The molecule has 0 aliphatic carbocycles. The van der Waals surface area contributed by atoms with Crippen molar-refractivity contribution >= 4 is 11.9 Å². The van der Waals surface area contributed by atoms with Gasteiger partial charge in [0.15, 0.2) is 0 Å². The predicted molar refractivity (Wildman–Crippen MR) is 81.2 cm³/mol. The first-order chi connectivity index (χ1) is 9.88. The monoisotopic (exact) mass is 340 g/mol. The number of carboxylic acids is 1. The summed E-state index contributed by atoms with van der Waals surface area (Å²) < 4.78 is 0. The molecule has 0 saturated carbocycles. The molecule has 7 heteroatoms. The summed E-state index contributed by atoms with van der Waals surface area (Å²) in [5.74, 6) is -1.18. The minimum atomic E-state index is -0.988. The largest absolute Gasteiger partial charge is 1.00 e. The van der Waals surface area contributed by atoms with Gasteiger partial charge in [0.25, 0.3) is 0 Å². The molecule has 2 unspecified atom stereocenters. The first-order valence-electron chi connectivity index (χ1n) is 7.73. The average Bonchev–Trinajstić information content (AvgIpc) is 2.41. The van der Waals surface area contributed by atoms with Crippen molar-refractivity contribution in [3.63, 3.8) is 0 Å². The van der Waals surface area contributed by atoms with Gasteiger partial charge in [-0.15, -0.1) is 0 Å². The third-order valence-electron chi connectivity index (χ3n) is 3.33. The summed E-state index contributed by atoms with van der Waals surface area (Å²) in [6, 6.07) is -0.777. The van der Waals surface area contributed by atoms with Gasteiger partial charge in [0.2, 0.25) is 0 Å². The first-order valence-corrected chi connectivity index (χ1v) is 7.73. The zero-order valence-corrected chi connectivity index (χ0v) is 17.5. The second-order valence-corrected chi connectivity index (χ2v) is 5.49. The van der Waals surface area contributed by atoms with Crippen LogP contribution in [0.4, 0.5) is 0 Å². The van der Waals surface area contributed by atoms with Crippen molar-refractivity contribution in [3.05, 3.63) is 0 Å². The van der Waals surface area contributed by atoms with Gasteiger partial charge in [-0.3, -0.25) is 14.7 Å². The van der Waals surface area contributed by atoms with E-state index in [2.05, 4.69) is 11.9 Å². The van der Waals surface area contributed by atoms with Crippen molar-refractivity contribution < 1.29 is 71.5 Å². The van der Waals surface area contributed by atoms with Crippen molar-refractivity contribution in [2.24, 2.45) is 4.99 Å². The zero-order valence-electron chi connectivity index (χ0n) is 14.4. The Morgan fingerprint density at radius 2 is 1.82 bits per heavy atom. The number of aliphatic hydroxyl groups is 1. The van der Waals surface area contributed by atoms with E-state index >= 15 is 0 Å². The smallest absolute Gasteiger partial charge is 0.862 e. The van der Waals surface area contributed by atoms with Crippen molar-refractivity contribution in [2.45, 2.75) is 71.4 Å². The van der Waals surface area contributed by atoms with E-state index in [9.17, 15) is 15.0 Å². The van der Waals surface area contributed by atoms with Gasteiger partial charge in [-0.1, -0.05) is 32.6 Å². The van der Waals surface area contributed by atoms with E-state index in [1.807, 2.05) is 0 Å². The number of aliphatic carboxylic acids is 1. The van der Waals surface area contributed by atoms with Crippen molar-refractivity contribution in [1.29, 1.82) is 0 Å². The second-order valence-electron chi connectivity index (χ2n) is 5.49. The van der Waals surface area contributed by atoms with Crippen LogP contribution in [0.3, 0.4) is 0 Å². The summed E-state index contributed by atoms with van der Waals surface area (Å²) >= 11 is 0. The van der Waals surface area contributed by atoms with Crippen LogP contribution in [0.2, 0.25) is 0 Å². The molecule has 0 aliphatic heterocycles. The van der Waals surface area contributed by atoms with Gasteiger partial charge in [-0.25, -0.2) is 0 Å². The molecule has 2 atom stereocenters. The molecule has 0 bridgehead atoms. The molecule has 6 nitrogen and oxygen atoms in total. The molecule has 0 spiro atoms. The molecule has 0 rings (SSSR count). The molecule has 2 N–H and O–H groups in total. The molecule has 0 radical (unpaired) electrons. The first kappa shape index (κ1) is 24.7. The molecule has 0 aromatic rings. The fourth-order valence-electron chi connectivity index (χ4n) is 1.96. The molecule has 0 heterocycles. The molecule has 0 aromatic carbocycles. The number of carboxylic acid groups (broad SMARTS) is 1. The quantitative estimate of drug-likeness (QED) is 0.190. The molecule has 0 amide bonds. The van der Waals surface area contributed by atoms with Crippen LogP contribution in [0.1, 0.15) is 59.3 Å². The Balaban J connectivity index is 0. The fraction of sp³-hybridized carbons (Fsp3) is 0.867. The van der Waals surface area contributed by atoms with E-state index in [4.69, 9.17) is 5.11 Å². The number of hydrogen-bond acceptors (Lipinski definition) is 5. The SMILES string of the molecule is CCCCCCCC([O-])=NCN(CC(C)O)C(C)C(=O)O.[K+]. The van der Waals surface area contributed by atoms with E-state index in [-0.39, 0.29) is 70.5 Å². The van der Waals surface area contributed by atoms with Crippen LogP contribution in [-0.4, -0.2) is 52.3 Å². The number of rotatable bonds is 12. The summed E-state index contributed by atoms with van der Waals surface area (Å²) in [5, 5.41) is 30.0. The topological polar surface area (TPSA) is 96.2 Å². The number of nitrogens with zero attached hydrogens (tertiary/aromatic N) is 2. The normalized spacial score (nSPS) is 14.5. The third kappa shape index (κ3) is 13.0. The summed E-state index contributed by atoms with van der Waals surface area (Å²) in [6.45, 7) is 5.44. The molecule has 124 valence electrons. The number of aliphatic imine (C=N–C) groups is 1. The second kappa shape index (κ2) is 15.0. The predicted octanol–water partition coefficient (Wildman–Crippen LogP) is -1.78. The van der Waals surface area contributed by atoms with Gasteiger partial charge in [-0.05, 0) is 32.6 Å². The molecule has 0 fully saturated rings. The Morgan fingerprint density at radius 1 is 1.23 bits per heavy atom. The van der Waals surface area contributed by atoms with E-state index < -0.39 is 18.1 Å². The zero-order chi connectivity index (χ0) is 16.3. The molecule has 0 aliphatic rings. The maximum atomic E-state index is 11.7. The van der Waals surface area contributed by atoms with E-state index in [1.54, 1.807) is 6.92 Å². The Morgan fingerprint density at radius 3 is 2.32 bits per heavy atom. The summed E-state index contributed by atoms with van der Waals surface area (Å²) in [6.07, 6.45) is 5.09. The van der Waals surface area contributed by atoms with Crippen molar-refractivity contribution in [3.8, 4) is 0 Å². The van der Waals surface area contributed by atoms with Gasteiger partial charge < -0.3 is 15.3 Å². The standard InChI is InChI=1S/C15H30N2O4.K/c1-4-5-6-7-8-9-14(19)16-11-17(10-12(2)18)13(3)15(20)21;/h12-13,18H,4-11H2,1-3H3,(H,16,19)(H,20,21);/q;+1/p-1. The number of carbonyl (C=O) groups is 1. The summed E-state index contributed by atoms with van der Waals surface area (Å²) in [5.41, 5.74) is 0.